The van der Waals surface area contributed by atoms with Gasteiger partial charge in [-0.1, -0.05) is 12.1 Å². The second-order valence-corrected chi connectivity index (χ2v) is 5.81. The van der Waals surface area contributed by atoms with Gasteiger partial charge in [-0.05, 0) is 44.0 Å². The number of amides is 1. The highest BCUT2D eigenvalue weighted by molar-refractivity contribution is 5.94. The van der Waals surface area contributed by atoms with Gasteiger partial charge in [0, 0.05) is 17.9 Å². The van der Waals surface area contributed by atoms with Crippen molar-refractivity contribution in [2.45, 2.75) is 25.9 Å². The molecule has 3 aromatic rings. The Balaban J connectivity index is 1.61. The Hall–Kier alpha value is -2.80. The number of nitrogens with zero attached hydrogens (tertiary/aromatic N) is 4. The molecule has 24 heavy (non-hydrogen) atoms. The van der Waals surface area contributed by atoms with Crippen LogP contribution in [0.15, 0.2) is 36.4 Å². The van der Waals surface area contributed by atoms with E-state index in [0.29, 0.717) is 12.3 Å². The minimum Gasteiger partial charge on any atom is -0.368 e. The highest BCUT2D eigenvalue weighted by Gasteiger charge is 2.23. The molecule has 1 aromatic carbocycles. The van der Waals surface area contributed by atoms with E-state index in [0.717, 1.165) is 35.6 Å². The number of fused-ring (bicyclic) bond motifs is 1. The average molecular weight is 323 g/mol. The minimum absolute atomic E-state index is 0.0947. The number of anilines is 1. The average Bonchev–Trinajstić information content (AvgIpc) is 3.25. The van der Waals surface area contributed by atoms with Gasteiger partial charge in [0.1, 0.15) is 6.10 Å². The molecule has 1 unspecified atom stereocenters. The maximum Gasteiger partial charge on any atom is 0.253 e. The molecule has 0 aliphatic carbocycles. The summed E-state index contributed by atoms with van der Waals surface area (Å²) in [6.07, 6.45) is 1.36. The first kappa shape index (κ1) is 14.8. The van der Waals surface area contributed by atoms with Gasteiger partial charge in [-0.3, -0.25) is 4.79 Å². The Morgan fingerprint density at radius 2 is 2.21 bits per heavy atom. The third-order valence-corrected chi connectivity index (χ3v) is 4.07. The third-order valence-electron chi connectivity index (χ3n) is 4.07. The summed E-state index contributed by atoms with van der Waals surface area (Å²) in [5.41, 5.74) is 3.14. The SMILES string of the molecule is Cc1nnc2ccc(-c3cccc(NC(=O)C4CCCO4)c3)nn12. The number of carbonyl (C=O) groups is 1. The molecule has 4 rings (SSSR count). The van der Waals surface area contributed by atoms with Crippen LogP contribution in [0.25, 0.3) is 16.9 Å². The van der Waals surface area contributed by atoms with E-state index in [2.05, 4.69) is 20.6 Å². The van der Waals surface area contributed by atoms with Gasteiger partial charge in [-0.25, -0.2) is 0 Å². The van der Waals surface area contributed by atoms with Gasteiger partial charge in [-0.2, -0.15) is 9.61 Å². The molecule has 7 heteroatoms. The van der Waals surface area contributed by atoms with E-state index in [-0.39, 0.29) is 12.0 Å². The number of hydrogen-bond acceptors (Lipinski definition) is 5. The van der Waals surface area contributed by atoms with Crippen LogP contribution in [0.1, 0.15) is 18.7 Å². The number of carbonyl (C=O) groups excluding carboxylic acids is 1. The fourth-order valence-corrected chi connectivity index (χ4v) is 2.81. The molecule has 1 aliphatic heterocycles. The highest BCUT2D eigenvalue weighted by Crippen LogP contribution is 2.22. The molecule has 7 nitrogen and oxygen atoms in total. The van der Waals surface area contributed by atoms with E-state index in [1.165, 1.54) is 0 Å². The summed E-state index contributed by atoms with van der Waals surface area (Å²) < 4.78 is 7.11. The predicted molar refractivity (Wildman–Crippen MR) is 88.6 cm³/mol. The molecular formula is C17H17N5O2. The summed E-state index contributed by atoms with van der Waals surface area (Å²) in [5.74, 6) is 0.636. The second-order valence-electron chi connectivity index (χ2n) is 5.81. The molecule has 0 spiro atoms. The first-order valence-electron chi connectivity index (χ1n) is 7.93. The van der Waals surface area contributed by atoms with Crippen LogP contribution in [0.5, 0.6) is 0 Å². The summed E-state index contributed by atoms with van der Waals surface area (Å²) in [6.45, 7) is 2.51. The van der Waals surface area contributed by atoms with E-state index < -0.39 is 0 Å². The Morgan fingerprint density at radius 3 is 3.04 bits per heavy atom. The van der Waals surface area contributed by atoms with Gasteiger partial charge in [-0.15, -0.1) is 10.2 Å². The van der Waals surface area contributed by atoms with Crippen molar-refractivity contribution in [2.24, 2.45) is 0 Å². The summed E-state index contributed by atoms with van der Waals surface area (Å²) in [6, 6.07) is 11.4. The molecule has 1 amide bonds. The fraction of sp³-hybridized carbons (Fsp3) is 0.294. The largest absolute Gasteiger partial charge is 0.368 e. The van der Waals surface area contributed by atoms with Crippen molar-refractivity contribution in [1.82, 2.24) is 19.8 Å². The molecule has 2 aromatic heterocycles. The number of aryl methyl sites for hydroxylation is 1. The van der Waals surface area contributed by atoms with Gasteiger partial charge >= 0.3 is 0 Å². The second kappa shape index (κ2) is 6.01. The lowest BCUT2D eigenvalue weighted by molar-refractivity contribution is -0.124. The smallest absolute Gasteiger partial charge is 0.253 e. The number of rotatable bonds is 3. The lowest BCUT2D eigenvalue weighted by Gasteiger charge is -2.11. The van der Waals surface area contributed by atoms with E-state index in [1.807, 2.05) is 43.3 Å². The molecule has 3 heterocycles. The van der Waals surface area contributed by atoms with Gasteiger partial charge < -0.3 is 10.1 Å². The van der Waals surface area contributed by atoms with Gasteiger partial charge in [0.25, 0.3) is 5.91 Å². The molecule has 1 atom stereocenters. The van der Waals surface area contributed by atoms with E-state index in [9.17, 15) is 4.79 Å². The van der Waals surface area contributed by atoms with E-state index in [1.54, 1.807) is 4.52 Å². The van der Waals surface area contributed by atoms with Gasteiger partial charge in [0.15, 0.2) is 11.5 Å². The zero-order valence-electron chi connectivity index (χ0n) is 13.3. The molecule has 1 N–H and O–H groups in total. The van der Waals surface area contributed by atoms with Crippen LogP contribution in [-0.2, 0) is 9.53 Å². The van der Waals surface area contributed by atoms with Crippen LogP contribution < -0.4 is 5.32 Å². The Kier molecular flexibility index (Phi) is 3.70. The van der Waals surface area contributed by atoms with E-state index >= 15 is 0 Å². The van der Waals surface area contributed by atoms with Crippen molar-refractivity contribution in [2.75, 3.05) is 11.9 Å². The fourth-order valence-electron chi connectivity index (χ4n) is 2.81. The first-order valence-corrected chi connectivity index (χ1v) is 7.93. The molecule has 0 radical (unpaired) electrons. The number of benzene rings is 1. The topological polar surface area (TPSA) is 81.4 Å². The monoisotopic (exact) mass is 323 g/mol. The minimum atomic E-state index is -0.345. The standard InChI is InChI=1S/C17H17N5O2/c1-11-19-20-16-8-7-14(21-22(11)16)12-4-2-5-13(10-12)18-17(23)15-6-3-9-24-15/h2,4-5,7-8,10,15H,3,6,9H2,1H3,(H,18,23). The highest BCUT2D eigenvalue weighted by atomic mass is 16.5. The summed E-state index contributed by atoms with van der Waals surface area (Å²) in [4.78, 5) is 12.2. The van der Waals surface area contributed by atoms with Gasteiger partial charge in [0.05, 0.1) is 5.69 Å². The molecule has 122 valence electrons. The van der Waals surface area contributed by atoms with Crippen molar-refractivity contribution in [1.29, 1.82) is 0 Å². The maximum absolute atomic E-state index is 12.2. The summed E-state index contributed by atoms with van der Waals surface area (Å²) >= 11 is 0. The van der Waals surface area contributed by atoms with Crippen LogP contribution >= 0.6 is 0 Å². The number of hydrogen-bond donors (Lipinski definition) is 1. The molecule has 1 fully saturated rings. The number of aromatic nitrogens is 4. The zero-order valence-corrected chi connectivity index (χ0v) is 13.3. The first-order chi connectivity index (χ1) is 11.7. The maximum atomic E-state index is 12.2. The third kappa shape index (κ3) is 2.74. The Morgan fingerprint density at radius 1 is 1.29 bits per heavy atom. The molecule has 1 saturated heterocycles. The Labute approximate surface area is 138 Å². The van der Waals surface area contributed by atoms with Crippen LogP contribution in [0, 0.1) is 6.92 Å². The summed E-state index contributed by atoms with van der Waals surface area (Å²) in [5, 5.41) is 15.5. The van der Waals surface area contributed by atoms with Crippen LogP contribution in [0.4, 0.5) is 5.69 Å². The molecule has 1 aliphatic rings. The van der Waals surface area contributed by atoms with Crippen molar-refractivity contribution < 1.29 is 9.53 Å². The lowest BCUT2D eigenvalue weighted by atomic mass is 10.1. The van der Waals surface area contributed by atoms with Crippen LogP contribution in [0.3, 0.4) is 0 Å². The zero-order chi connectivity index (χ0) is 16.5. The van der Waals surface area contributed by atoms with Crippen molar-refractivity contribution in [3.63, 3.8) is 0 Å². The van der Waals surface area contributed by atoms with Crippen molar-refractivity contribution in [3.05, 3.63) is 42.2 Å². The van der Waals surface area contributed by atoms with Crippen molar-refractivity contribution >= 4 is 17.2 Å². The number of nitrogens with one attached hydrogen (secondary N) is 1. The van der Waals surface area contributed by atoms with E-state index in [4.69, 9.17) is 4.74 Å². The number of ether oxygens (including phenoxy) is 1. The predicted octanol–water partition coefficient (Wildman–Crippen LogP) is 2.22. The quantitative estimate of drug-likeness (QED) is 0.799. The molecule has 0 bridgehead atoms. The van der Waals surface area contributed by atoms with Gasteiger partial charge in [0.2, 0.25) is 0 Å². The molecular weight excluding hydrogens is 306 g/mol. The Bertz CT molecular complexity index is 899. The van der Waals surface area contributed by atoms with Crippen LogP contribution in [0.2, 0.25) is 0 Å². The van der Waals surface area contributed by atoms with Crippen molar-refractivity contribution in [3.8, 4) is 11.3 Å². The lowest BCUT2D eigenvalue weighted by Crippen LogP contribution is -2.26. The van der Waals surface area contributed by atoms with Crippen LogP contribution in [-0.4, -0.2) is 38.4 Å². The normalized spacial score (nSPS) is 17.3. The summed E-state index contributed by atoms with van der Waals surface area (Å²) in [7, 11) is 0. The molecule has 0 saturated carbocycles.